The highest BCUT2D eigenvalue weighted by atomic mass is 32.2. The van der Waals surface area contributed by atoms with Gasteiger partial charge in [0.15, 0.2) is 0 Å². The standard InChI is InChI=1S/C14H28N2S/c1-3-15-13-7-10-16(11-13)12-14(17-2)8-5-4-6-9-14/h13,15H,3-12H2,1-2H3. The van der Waals surface area contributed by atoms with Gasteiger partial charge in [0.2, 0.25) is 0 Å². The third-order valence-electron chi connectivity index (χ3n) is 4.47. The predicted octanol–water partition coefficient (Wildman–Crippen LogP) is 2.74. The topological polar surface area (TPSA) is 15.3 Å². The fourth-order valence-electron chi connectivity index (χ4n) is 3.46. The molecule has 0 bridgehead atoms. The summed E-state index contributed by atoms with van der Waals surface area (Å²) in [5.41, 5.74) is 0. The molecule has 2 rings (SSSR count). The Bertz CT molecular complexity index is 226. The quantitative estimate of drug-likeness (QED) is 0.814. The number of likely N-dealkylation sites (N-methyl/N-ethyl adjacent to an activating group) is 1. The molecule has 1 saturated carbocycles. The monoisotopic (exact) mass is 256 g/mol. The van der Waals surface area contributed by atoms with Gasteiger partial charge in [-0.05, 0) is 38.6 Å². The molecule has 1 atom stereocenters. The second-order valence-corrected chi connectivity index (χ2v) is 7.00. The van der Waals surface area contributed by atoms with Crippen LogP contribution < -0.4 is 5.32 Å². The van der Waals surface area contributed by atoms with Crippen molar-refractivity contribution < 1.29 is 0 Å². The average Bonchev–Trinajstić information content (AvgIpc) is 2.78. The summed E-state index contributed by atoms with van der Waals surface area (Å²) in [6.45, 7) is 7.24. The van der Waals surface area contributed by atoms with Crippen LogP contribution in [0.5, 0.6) is 0 Å². The van der Waals surface area contributed by atoms with Gasteiger partial charge >= 0.3 is 0 Å². The average molecular weight is 256 g/mol. The summed E-state index contributed by atoms with van der Waals surface area (Å²) in [5, 5.41) is 3.59. The number of thioether (sulfide) groups is 1. The predicted molar refractivity (Wildman–Crippen MR) is 77.9 cm³/mol. The third kappa shape index (κ3) is 3.62. The summed E-state index contributed by atoms with van der Waals surface area (Å²) >= 11 is 2.13. The first kappa shape index (κ1) is 13.7. The fraction of sp³-hybridized carbons (Fsp3) is 1.00. The smallest absolute Gasteiger partial charge is 0.0284 e. The van der Waals surface area contributed by atoms with Crippen molar-refractivity contribution in [3.05, 3.63) is 0 Å². The second-order valence-electron chi connectivity index (χ2n) is 5.73. The molecule has 1 unspecified atom stereocenters. The number of likely N-dealkylation sites (tertiary alicyclic amines) is 1. The van der Waals surface area contributed by atoms with Crippen molar-refractivity contribution in [2.45, 2.75) is 56.2 Å². The van der Waals surface area contributed by atoms with Crippen LogP contribution in [0.2, 0.25) is 0 Å². The Hall–Kier alpha value is 0.270. The highest BCUT2D eigenvalue weighted by Gasteiger charge is 2.35. The van der Waals surface area contributed by atoms with E-state index in [1.54, 1.807) is 0 Å². The van der Waals surface area contributed by atoms with E-state index in [4.69, 9.17) is 0 Å². The van der Waals surface area contributed by atoms with Crippen LogP contribution in [-0.4, -0.2) is 48.1 Å². The number of hydrogen-bond donors (Lipinski definition) is 1. The van der Waals surface area contributed by atoms with E-state index in [0.717, 1.165) is 12.6 Å². The maximum Gasteiger partial charge on any atom is 0.0284 e. The van der Waals surface area contributed by atoms with Gasteiger partial charge < -0.3 is 10.2 Å². The second kappa shape index (κ2) is 6.44. The summed E-state index contributed by atoms with van der Waals surface area (Å²) in [6.07, 6.45) is 10.9. The van der Waals surface area contributed by atoms with Gasteiger partial charge in [0.05, 0.1) is 0 Å². The highest BCUT2D eigenvalue weighted by molar-refractivity contribution is 8.00. The minimum absolute atomic E-state index is 0.583. The Kier molecular flexibility index (Phi) is 5.19. The summed E-state index contributed by atoms with van der Waals surface area (Å²) in [5.74, 6) is 0. The van der Waals surface area contributed by atoms with Gasteiger partial charge in [-0.15, -0.1) is 0 Å². The third-order valence-corrected chi connectivity index (χ3v) is 5.88. The molecule has 1 aliphatic carbocycles. The van der Waals surface area contributed by atoms with Crippen molar-refractivity contribution in [3.8, 4) is 0 Å². The maximum absolute atomic E-state index is 3.59. The first-order valence-electron chi connectivity index (χ1n) is 7.29. The van der Waals surface area contributed by atoms with Gasteiger partial charge in [-0.2, -0.15) is 11.8 Å². The highest BCUT2D eigenvalue weighted by Crippen LogP contribution is 2.39. The Balaban J connectivity index is 1.83. The Morgan fingerprint density at radius 2 is 2.06 bits per heavy atom. The van der Waals surface area contributed by atoms with E-state index in [-0.39, 0.29) is 0 Å². The summed E-state index contributed by atoms with van der Waals surface area (Å²) in [6, 6.07) is 0.752. The Labute approximate surface area is 111 Å². The molecule has 2 fully saturated rings. The van der Waals surface area contributed by atoms with E-state index in [2.05, 4.69) is 35.2 Å². The van der Waals surface area contributed by atoms with Crippen LogP contribution in [0.4, 0.5) is 0 Å². The Morgan fingerprint density at radius 1 is 1.29 bits per heavy atom. The molecular formula is C14H28N2S. The molecular weight excluding hydrogens is 228 g/mol. The lowest BCUT2D eigenvalue weighted by atomic mass is 9.88. The van der Waals surface area contributed by atoms with Gasteiger partial charge in [0, 0.05) is 23.9 Å². The lowest BCUT2D eigenvalue weighted by molar-refractivity contribution is 0.254. The first-order valence-corrected chi connectivity index (χ1v) is 8.51. The molecule has 17 heavy (non-hydrogen) atoms. The van der Waals surface area contributed by atoms with E-state index in [1.165, 1.54) is 58.2 Å². The van der Waals surface area contributed by atoms with Gasteiger partial charge in [0.25, 0.3) is 0 Å². The van der Waals surface area contributed by atoms with Crippen molar-refractivity contribution in [1.29, 1.82) is 0 Å². The minimum Gasteiger partial charge on any atom is -0.313 e. The zero-order valence-corrected chi connectivity index (χ0v) is 12.3. The van der Waals surface area contributed by atoms with E-state index in [9.17, 15) is 0 Å². The van der Waals surface area contributed by atoms with Gasteiger partial charge in [0.1, 0.15) is 0 Å². The maximum atomic E-state index is 3.59. The van der Waals surface area contributed by atoms with Crippen LogP contribution in [0.15, 0.2) is 0 Å². The van der Waals surface area contributed by atoms with E-state index >= 15 is 0 Å². The van der Waals surface area contributed by atoms with Crippen LogP contribution in [0.3, 0.4) is 0 Å². The molecule has 1 N–H and O–H groups in total. The zero-order valence-electron chi connectivity index (χ0n) is 11.5. The van der Waals surface area contributed by atoms with Crippen LogP contribution in [0, 0.1) is 0 Å². The van der Waals surface area contributed by atoms with Gasteiger partial charge in [-0.25, -0.2) is 0 Å². The number of nitrogens with zero attached hydrogens (tertiary/aromatic N) is 1. The lowest BCUT2D eigenvalue weighted by Crippen LogP contribution is -2.42. The molecule has 0 aromatic carbocycles. The molecule has 1 saturated heterocycles. The fourth-order valence-corrected chi connectivity index (χ4v) is 4.47. The lowest BCUT2D eigenvalue weighted by Gasteiger charge is -2.39. The van der Waals surface area contributed by atoms with Crippen molar-refractivity contribution >= 4 is 11.8 Å². The summed E-state index contributed by atoms with van der Waals surface area (Å²) < 4.78 is 0.583. The van der Waals surface area contributed by atoms with Crippen LogP contribution in [-0.2, 0) is 0 Å². The van der Waals surface area contributed by atoms with Crippen molar-refractivity contribution in [1.82, 2.24) is 10.2 Å². The van der Waals surface area contributed by atoms with Crippen LogP contribution in [0.25, 0.3) is 0 Å². The van der Waals surface area contributed by atoms with E-state index < -0.39 is 0 Å². The number of nitrogens with one attached hydrogen (secondary N) is 1. The molecule has 0 aromatic heterocycles. The normalized spacial score (nSPS) is 29.6. The van der Waals surface area contributed by atoms with Crippen molar-refractivity contribution in [3.63, 3.8) is 0 Å². The molecule has 0 spiro atoms. The first-order chi connectivity index (χ1) is 8.28. The number of hydrogen-bond acceptors (Lipinski definition) is 3. The molecule has 0 aromatic rings. The Morgan fingerprint density at radius 3 is 2.71 bits per heavy atom. The molecule has 0 radical (unpaired) electrons. The molecule has 2 aliphatic rings. The molecule has 1 aliphatic heterocycles. The van der Waals surface area contributed by atoms with E-state index in [1.807, 2.05) is 0 Å². The largest absolute Gasteiger partial charge is 0.313 e. The molecule has 0 amide bonds. The number of rotatable bonds is 5. The van der Waals surface area contributed by atoms with Gasteiger partial charge in [-0.3, -0.25) is 0 Å². The van der Waals surface area contributed by atoms with Crippen LogP contribution in [0.1, 0.15) is 45.4 Å². The summed E-state index contributed by atoms with van der Waals surface area (Å²) in [7, 11) is 0. The van der Waals surface area contributed by atoms with Crippen molar-refractivity contribution in [2.24, 2.45) is 0 Å². The zero-order chi connectivity index (χ0) is 12.1. The molecule has 2 nitrogen and oxygen atoms in total. The van der Waals surface area contributed by atoms with E-state index in [0.29, 0.717) is 4.75 Å². The van der Waals surface area contributed by atoms with Gasteiger partial charge in [-0.1, -0.05) is 26.2 Å². The summed E-state index contributed by atoms with van der Waals surface area (Å²) in [4.78, 5) is 2.70. The SMILES string of the molecule is CCNC1CCN(CC2(SC)CCCCC2)C1. The molecule has 3 heteroatoms. The molecule has 100 valence electrons. The minimum atomic E-state index is 0.583. The molecule has 1 heterocycles. The van der Waals surface area contributed by atoms with Crippen LogP contribution >= 0.6 is 11.8 Å². The van der Waals surface area contributed by atoms with Crippen molar-refractivity contribution in [2.75, 3.05) is 32.4 Å².